The highest BCUT2D eigenvalue weighted by atomic mass is 16.5. The van der Waals surface area contributed by atoms with Crippen LogP contribution < -0.4 is 0 Å². The number of hydrogen-bond donors (Lipinski definition) is 0. The molecule has 0 radical (unpaired) electrons. The van der Waals surface area contributed by atoms with Gasteiger partial charge in [0, 0.05) is 0 Å². The highest BCUT2D eigenvalue weighted by Gasteiger charge is 2.42. The molecule has 0 saturated heterocycles. The lowest BCUT2D eigenvalue weighted by Crippen LogP contribution is -2.25. The molecule has 3 nitrogen and oxygen atoms in total. The Morgan fingerprint density at radius 1 is 1.05 bits per heavy atom. The van der Waals surface area contributed by atoms with Crippen molar-refractivity contribution in [3.63, 3.8) is 0 Å². The quantitative estimate of drug-likeness (QED) is 0.545. The number of carbonyl (C=O) groups is 2. The van der Waals surface area contributed by atoms with Crippen molar-refractivity contribution in [3.05, 3.63) is 22.3 Å². The second-order valence-corrected chi connectivity index (χ2v) is 5.42. The standard InChI is InChI=1S/C17H26O3/c1-6-9-12-13(10-7-2)16(18)15(14(12)11(4)5)17(19)20-8-3/h15H,6-10H2,1-5H3. The molecule has 1 unspecified atom stereocenters. The summed E-state index contributed by atoms with van der Waals surface area (Å²) in [5, 5.41) is 0. The lowest BCUT2D eigenvalue weighted by molar-refractivity contribution is -0.148. The largest absolute Gasteiger partial charge is 0.465 e. The van der Waals surface area contributed by atoms with Gasteiger partial charge in [-0.15, -0.1) is 0 Å². The summed E-state index contributed by atoms with van der Waals surface area (Å²) in [5.41, 5.74) is 3.91. The molecule has 1 aliphatic carbocycles. The van der Waals surface area contributed by atoms with E-state index in [1.54, 1.807) is 6.92 Å². The number of Topliss-reactive ketones (excluding diaryl/α,β-unsaturated/α-hetero) is 1. The molecule has 0 heterocycles. The van der Waals surface area contributed by atoms with Gasteiger partial charge in [-0.25, -0.2) is 0 Å². The Kier molecular flexibility index (Phi) is 6.18. The summed E-state index contributed by atoms with van der Waals surface area (Å²) in [6.07, 6.45) is 3.50. The molecule has 0 fully saturated rings. The van der Waals surface area contributed by atoms with Gasteiger partial charge in [-0.2, -0.15) is 0 Å². The minimum Gasteiger partial charge on any atom is -0.465 e. The van der Waals surface area contributed by atoms with Crippen LogP contribution >= 0.6 is 0 Å². The normalized spacial score (nSPS) is 18.8. The molecule has 3 heteroatoms. The zero-order valence-corrected chi connectivity index (χ0v) is 13.3. The van der Waals surface area contributed by atoms with Crippen molar-refractivity contribution in [1.82, 2.24) is 0 Å². The third-order valence-electron chi connectivity index (χ3n) is 3.60. The molecule has 0 spiro atoms. The molecule has 0 bridgehead atoms. The van der Waals surface area contributed by atoms with Gasteiger partial charge in [0.2, 0.25) is 0 Å². The van der Waals surface area contributed by atoms with Crippen LogP contribution in [0.1, 0.15) is 60.3 Å². The second-order valence-electron chi connectivity index (χ2n) is 5.42. The zero-order chi connectivity index (χ0) is 15.3. The number of rotatable bonds is 6. The maximum absolute atomic E-state index is 12.6. The van der Waals surface area contributed by atoms with Crippen LogP contribution in [0, 0.1) is 5.92 Å². The van der Waals surface area contributed by atoms with E-state index in [-0.39, 0.29) is 5.78 Å². The minimum atomic E-state index is -0.719. The van der Waals surface area contributed by atoms with E-state index in [1.807, 2.05) is 13.8 Å². The van der Waals surface area contributed by atoms with Crippen LogP contribution in [0.2, 0.25) is 0 Å². The van der Waals surface area contributed by atoms with Gasteiger partial charge in [0.05, 0.1) is 6.61 Å². The van der Waals surface area contributed by atoms with Crippen LogP contribution in [0.25, 0.3) is 0 Å². The Bertz CT molecular complexity index is 451. The fraction of sp³-hybridized carbons (Fsp3) is 0.647. The molecule has 1 rings (SSSR count). The van der Waals surface area contributed by atoms with Gasteiger partial charge in [-0.3, -0.25) is 9.59 Å². The zero-order valence-electron chi connectivity index (χ0n) is 13.3. The number of allylic oxidation sites excluding steroid dienone is 3. The first-order valence-corrected chi connectivity index (χ1v) is 7.60. The first kappa shape index (κ1) is 16.7. The van der Waals surface area contributed by atoms with Crippen LogP contribution in [0.5, 0.6) is 0 Å². The Morgan fingerprint density at radius 2 is 1.60 bits per heavy atom. The summed E-state index contributed by atoms with van der Waals surface area (Å²) in [6.45, 7) is 10.2. The average Bonchev–Trinajstić information content (AvgIpc) is 2.65. The van der Waals surface area contributed by atoms with Crippen LogP contribution in [0.4, 0.5) is 0 Å². The van der Waals surface area contributed by atoms with E-state index in [0.717, 1.165) is 48.0 Å². The van der Waals surface area contributed by atoms with Crippen LogP contribution in [0.15, 0.2) is 22.3 Å². The van der Waals surface area contributed by atoms with E-state index in [4.69, 9.17) is 4.74 Å². The van der Waals surface area contributed by atoms with Gasteiger partial charge in [0.15, 0.2) is 5.78 Å². The van der Waals surface area contributed by atoms with Crippen LogP contribution in [-0.2, 0) is 14.3 Å². The van der Waals surface area contributed by atoms with E-state index in [0.29, 0.717) is 6.61 Å². The van der Waals surface area contributed by atoms with Gasteiger partial charge >= 0.3 is 5.97 Å². The average molecular weight is 278 g/mol. The van der Waals surface area contributed by atoms with Crippen LogP contribution in [-0.4, -0.2) is 18.4 Å². The van der Waals surface area contributed by atoms with Gasteiger partial charge in [-0.05, 0) is 50.3 Å². The molecule has 0 aliphatic heterocycles. The third-order valence-corrected chi connectivity index (χ3v) is 3.60. The molecule has 20 heavy (non-hydrogen) atoms. The lowest BCUT2D eigenvalue weighted by atomic mass is 9.92. The number of esters is 1. The molecule has 1 atom stereocenters. The number of ketones is 1. The van der Waals surface area contributed by atoms with Crippen LogP contribution in [0.3, 0.4) is 0 Å². The summed E-state index contributed by atoms with van der Waals surface area (Å²) in [5.74, 6) is -1.15. The predicted molar refractivity (Wildman–Crippen MR) is 80.3 cm³/mol. The molecule has 0 saturated carbocycles. The smallest absolute Gasteiger partial charge is 0.321 e. The summed E-state index contributed by atoms with van der Waals surface area (Å²) >= 11 is 0. The fourth-order valence-electron chi connectivity index (χ4n) is 2.89. The molecule has 1 aliphatic rings. The maximum atomic E-state index is 12.6. The molecule has 0 aromatic rings. The highest BCUT2D eigenvalue weighted by molar-refractivity contribution is 6.15. The Hall–Kier alpha value is -1.38. The number of ether oxygens (including phenoxy) is 1. The maximum Gasteiger partial charge on any atom is 0.321 e. The highest BCUT2D eigenvalue weighted by Crippen LogP contribution is 2.40. The predicted octanol–water partition coefficient (Wildman–Crippen LogP) is 3.98. The Labute approximate surface area is 122 Å². The molecule has 0 N–H and O–H groups in total. The summed E-state index contributed by atoms with van der Waals surface area (Å²) in [7, 11) is 0. The Morgan fingerprint density at radius 3 is 2.05 bits per heavy atom. The fourth-order valence-corrected chi connectivity index (χ4v) is 2.89. The molecule has 0 aromatic carbocycles. The number of carbonyl (C=O) groups excluding carboxylic acids is 2. The monoisotopic (exact) mass is 278 g/mol. The van der Waals surface area contributed by atoms with E-state index >= 15 is 0 Å². The van der Waals surface area contributed by atoms with Gasteiger partial charge in [0.25, 0.3) is 0 Å². The lowest BCUT2D eigenvalue weighted by Gasteiger charge is -2.14. The first-order valence-electron chi connectivity index (χ1n) is 7.60. The summed E-state index contributed by atoms with van der Waals surface area (Å²) in [4.78, 5) is 24.8. The van der Waals surface area contributed by atoms with Gasteiger partial charge < -0.3 is 4.74 Å². The van der Waals surface area contributed by atoms with E-state index in [2.05, 4.69) is 13.8 Å². The second kappa shape index (κ2) is 7.41. The van der Waals surface area contributed by atoms with Crippen molar-refractivity contribution in [2.75, 3.05) is 6.61 Å². The first-order chi connectivity index (χ1) is 9.49. The SMILES string of the molecule is CCCC1=C(CCC)C(=C(C)C)C(C(=O)OCC)C1=O. The minimum absolute atomic E-state index is 0.0371. The van der Waals surface area contributed by atoms with Gasteiger partial charge in [-0.1, -0.05) is 32.3 Å². The summed E-state index contributed by atoms with van der Waals surface area (Å²) < 4.78 is 5.11. The molecule has 0 amide bonds. The van der Waals surface area contributed by atoms with Gasteiger partial charge in [0.1, 0.15) is 5.92 Å². The third kappa shape index (κ3) is 3.20. The molecule has 0 aromatic heterocycles. The van der Waals surface area contributed by atoms with E-state index in [1.165, 1.54) is 0 Å². The van der Waals surface area contributed by atoms with Crippen molar-refractivity contribution in [2.45, 2.75) is 60.3 Å². The van der Waals surface area contributed by atoms with Crippen molar-refractivity contribution >= 4 is 11.8 Å². The molecular formula is C17H26O3. The number of hydrogen-bond acceptors (Lipinski definition) is 3. The van der Waals surface area contributed by atoms with Crippen molar-refractivity contribution in [2.24, 2.45) is 5.92 Å². The van der Waals surface area contributed by atoms with E-state index < -0.39 is 11.9 Å². The van der Waals surface area contributed by atoms with Crippen molar-refractivity contribution < 1.29 is 14.3 Å². The summed E-state index contributed by atoms with van der Waals surface area (Å²) in [6, 6.07) is 0. The van der Waals surface area contributed by atoms with Crippen molar-refractivity contribution in [3.8, 4) is 0 Å². The van der Waals surface area contributed by atoms with Crippen molar-refractivity contribution in [1.29, 1.82) is 0 Å². The molecular weight excluding hydrogens is 252 g/mol. The topological polar surface area (TPSA) is 43.4 Å². The molecule has 112 valence electrons. The van der Waals surface area contributed by atoms with E-state index in [9.17, 15) is 9.59 Å². The Balaban J connectivity index is 3.30.